The highest BCUT2D eigenvalue weighted by atomic mass is 19.1. The second kappa shape index (κ2) is 7.79. The van der Waals surface area contributed by atoms with Crippen LogP contribution >= 0.6 is 0 Å². The summed E-state index contributed by atoms with van der Waals surface area (Å²) in [7, 11) is 0. The summed E-state index contributed by atoms with van der Waals surface area (Å²) in [6, 6.07) is 13.5. The number of hydrogen-bond acceptors (Lipinski definition) is 3. The van der Waals surface area contributed by atoms with Gasteiger partial charge in [0, 0.05) is 6.61 Å². The van der Waals surface area contributed by atoms with E-state index in [0.29, 0.717) is 13.2 Å². The Morgan fingerprint density at radius 2 is 2.04 bits per heavy atom. The molecule has 2 aromatic rings. The number of carbonyl (C=O) groups excluding carboxylic acids is 1. The molecule has 0 aliphatic carbocycles. The van der Waals surface area contributed by atoms with E-state index >= 15 is 0 Å². The molecule has 1 aliphatic heterocycles. The number of para-hydroxylation sites is 1. The number of ether oxygens (including phenoxy) is 2. The highest BCUT2D eigenvalue weighted by Gasteiger charge is 2.19. The van der Waals surface area contributed by atoms with Gasteiger partial charge in [-0.05, 0) is 24.1 Å². The van der Waals surface area contributed by atoms with Crippen molar-refractivity contribution >= 4 is 11.7 Å². The number of nitrogens with one attached hydrogen (secondary N) is 2. The summed E-state index contributed by atoms with van der Waals surface area (Å²) in [6.45, 7) is 1.38. The Hall–Kier alpha value is -2.60. The third kappa shape index (κ3) is 4.23. The van der Waals surface area contributed by atoms with Gasteiger partial charge < -0.3 is 20.1 Å². The average Bonchev–Trinajstić information content (AvgIpc) is 3.09. The number of urea groups is 1. The van der Waals surface area contributed by atoms with E-state index in [0.717, 1.165) is 12.0 Å². The number of benzene rings is 2. The predicted molar refractivity (Wildman–Crippen MR) is 88.6 cm³/mol. The normalized spacial score (nSPS) is 16.6. The van der Waals surface area contributed by atoms with E-state index < -0.39 is 11.8 Å². The summed E-state index contributed by atoms with van der Waals surface area (Å²) in [5, 5.41) is 5.29. The summed E-state index contributed by atoms with van der Waals surface area (Å²) >= 11 is 0. The molecule has 1 heterocycles. The molecule has 126 valence electrons. The number of hydrogen-bond donors (Lipinski definition) is 2. The Kier molecular flexibility index (Phi) is 5.28. The fourth-order valence-electron chi connectivity index (χ4n) is 2.46. The largest absolute Gasteiger partial charge is 0.487 e. The van der Waals surface area contributed by atoms with Crippen LogP contribution in [-0.4, -0.2) is 25.3 Å². The first-order valence-corrected chi connectivity index (χ1v) is 7.83. The first-order valence-electron chi connectivity index (χ1n) is 7.83. The van der Waals surface area contributed by atoms with E-state index in [-0.39, 0.29) is 24.1 Å². The minimum absolute atomic E-state index is 0.0323. The van der Waals surface area contributed by atoms with Crippen molar-refractivity contribution in [3.05, 3.63) is 59.9 Å². The van der Waals surface area contributed by atoms with Crippen molar-refractivity contribution in [3.8, 4) is 5.75 Å². The third-order valence-corrected chi connectivity index (χ3v) is 3.72. The van der Waals surface area contributed by atoms with Crippen molar-refractivity contribution < 1.29 is 18.7 Å². The van der Waals surface area contributed by atoms with Crippen LogP contribution in [0.25, 0.3) is 0 Å². The highest BCUT2D eigenvalue weighted by molar-refractivity contribution is 5.91. The van der Waals surface area contributed by atoms with Gasteiger partial charge in [-0.2, -0.15) is 0 Å². The lowest BCUT2D eigenvalue weighted by Crippen LogP contribution is -2.38. The van der Waals surface area contributed by atoms with E-state index in [4.69, 9.17) is 9.47 Å². The van der Waals surface area contributed by atoms with Gasteiger partial charge in [0.15, 0.2) is 5.82 Å². The summed E-state index contributed by atoms with van der Waals surface area (Å²) in [4.78, 5) is 12.0. The Labute approximate surface area is 139 Å². The summed E-state index contributed by atoms with van der Waals surface area (Å²) in [5.41, 5.74) is 0.991. The summed E-state index contributed by atoms with van der Waals surface area (Å²) < 4.78 is 25.0. The minimum atomic E-state index is -0.543. The van der Waals surface area contributed by atoms with Crippen molar-refractivity contribution in [2.24, 2.45) is 0 Å². The minimum Gasteiger partial charge on any atom is -0.487 e. The topological polar surface area (TPSA) is 59.6 Å². The number of amides is 2. The van der Waals surface area contributed by atoms with Gasteiger partial charge in [-0.15, -0.1) is 0 Å². The summed E-state index contributed by atoms with van der Waals surface area (Å²) in [6.07, 6.45) is 0.752. The molecule has 2 aromatic carbocycles. The van der Waals surface area contributed by atoms with E-state index in [1.807, 2.05) is 30.3 Å². The molecule has 24 heavy (non-hydrogen) atoms. The SMILES string of the molecule is O=C(Nc1c(F)cccc1OCc1ccccc1)NC1CCOC1. The van der Waals surface area contributed by atoms with Crippen LogP contribution in [0.15, 0.2) is 48.5 Å². The maximum atomic E-state index is 14.1. The molecule has 1 fully saturated rings. The van der Waals surface area contributed by atoms with Crippen molar-refractivity contribution in [2.75, 3.05) is 18.5 Å². The van der Waals surface area contributed by atoms with E-state index in [9.17, 15) is 9.18 Å². The molecule has 3 rings (SSSR count). The van der Waals surface area contributed by atoms with Crippen molar-refractivity contribution in [1.29, 1.82) is 0 Å². The molecule has 1 atom stereocenters. The van der Waals surface area contributed by atoms with Crippen LogP contribution in [-0.2, 0) is 11.3 Å². The molecule has 0 saturated carbocycles. The number of halogens is 1. The molecular weight excluding hydrogens is 311 g/mol. The average molecular weight is 330 g/mol. The first kappa shape index (κ1) is 16.3. The van der Waals surface area contributed by atoms with Gasteiger partial charge in [0.1, 0.15) is 18.0 Å². The van der Waals surface area contributed by atoms with Crippen LogP contribution in [0.4, 0.5) is 14.9 Å². The lowest BCUT2D eigenvalue weighted by atomic mass is 10.2. The molecule has 0 bridgehead atoms. The van der Waals surface area contributed by atoms with Crippen molar-refractivity contribution in [3.63, 3.8) is 0 Å². The quantitative estimate of drug-likeness (QED) is 0.884. The van der Waals surface area contributed by atoms with E-state index in [1.165, 1.54) is 6.07 Å². The molecule has 0 aromatic heterocycles. The molecule has 6 heteroatoms. The second-order valence-electron chi connectivity index (χ2n) is 5.55. The Balaban J connectivity index is 1.66. The van der Waals surface area contributed by atoms with Crippen LogP contribution in [0.1, 0.15) is 12.0 Å². The monoisotopic (exact) mass is 330 g/mol. The zero-order valence-electron chi connectivity index (χ0n) is 13.1. The number of carbonyl (C=O) groups is 1. The molecule has 5 nitrogen and oxygen atoms in total. The molecule has 0 radical (unpaired) electrons. The zero-order chi connectivity index (χ0) is 16.8. The fourth-order valence-corrected chi connectivity index (χ4v) is 2.46. The smallest absolute Gasteiger partial charge is 0.319 e. The van der Waals surface area contributed by atoms with Gasteiger partial charge in [0.2, 0.25) is 0 Å². The third-order valence-electron chi connectivity index (χ3n) is 3.72. The zero-order valence-corrected chi connectivity index (χ0v) is 13.1. The first-order chi connectivity index (χ1) is 11.7. The van der Waals surface area contributed by atoms with Crippen molar-refractivity contribution in [2.45, 2.75) is 19.1 Å². The van der Waals surface area contributed by atoms with Gasteiger partial charge in [0.05, 0.1) is 12.6 Å². The standard InChI is InChI=1S/C18H19FN2O3/c19-15-7-4-8-16(24-11-13-5-2-1-3-6-13)17(15)21-18(22)20-14-9-10-23-12-14/h1-8,14H,9-12H2,(H2,20,21,22). The van der Waals surface area contributed by atoms with Gasteiger partial charge in [-0.3, -0.25) is 0 Å². The fraction of sp³-hybridized carbons (Fsp3) is 0.278. The molecule has 0 spiro atoms. The lowest BCUT2D eigenvalue weighted by Gasteiger charge is -2.15. The van der Waals surface area contributed by atoms with E-state index in [2.05, 4.69) is 10.6 Å². The molecular formula is C18H19FN2O3. The highest BCUT2D eigenvalue weighted by Crippen LogP contribution is 2.28. The van der Waals surface area contributed by atoms with Crippen LogP contribution in [0.5, 0.6) is 5.75 Å². The molecule has 2 amide bonds. The maximum Gasteiger partial charge on any atom is 0.319 e. The summed E-state index contributed by atoms with van der Waals surface area (Å²) in [5.74, 6) is -0.255. The molecule has 1 aliphatic rings. The van der Waals surface area contributed by atoms with Gasteiger partial charge in [-0.1, -0.05) is 36.4 Å². The second-order valence-corrected chi connectivity index (χ2v) is 5.55. The van der Waals surface area contributed by atoms with Crippen LogP contribution in [0.2, 0.25) is 0 Å². The van der Waals surface area contributed by atoms with Crippen LogP contribution in [0.3, 0.4) is 0 Å². The van der Waals surface area contributed by atoms with Gasteiger partial charge >= 0.3 is 6.03 Å². The Bertz CT molecular complexity index is 688. The van der Waals surface area contributed by atoms with Crippen LogP contribution < -0.4 is 15.4 Å². The number of anilines is 1. The Morgan fingerprint density at radius 1 is 1.21 bits per heavy atom. The lowest BCUT2D eigenvalue weighted by molar-refractivity contribution is 0.189. The molecule has 2 N–H and O–H groups in total. The predicted octanol–water partition coefficient (Wildman–Crippen LogP) is 3.32. The maximum absolute atomic E-state index is 14.1. The Morgan fingerprint density at radius 3 is 2.79 bits per heavy atom. The van der Waals surface area contributed by atoms with Crippen molar-refractivity contribution in [1.82, 2.24) is 5.32 Å². The molecule has 1 unspecified atom stereocenters. The molecule has 1 saturated heterocycles. The van der Waals surface area contributed by atoms with Crippen LogP contribution in [0, 0.1) is 5.82 Å². The van der Waals surface area contributed by atoms with Gasteiger partial charge in [-0.25, -0.2) is 9.18 Å². The van der Waals surface area contributed by atoms with E-state index in [1.54, 1.807) is 12.1 Å². The number of rotatable bonds is 5. The van der Waals surface area contributed by atoms with Gasteiger partial charge in [0.25, 0.3) is 0 Å².